The molecule has 38 heavy (non-hydrogen) atoms. The summed E-state index contributed by atoms with van der Waals surface area (Å²) in [5.74, 6) is -0.913. The number of pyridine rings is 2. The number of hydrogen-bond acceptors (Lipinski definition) is 8. The van der Waals surface area contributed by atoms with Crippen LogP contribution < -0.4 is 16.4 Å². The van der Waals surface area contributed by atoms with Gasteiger partial charge in [-0.05, 0) is 56.7 Å². The van der Waals surface area contributed by atoms with Crippen LogP contribution in [-0.4, -0.2) is 54.8 Å². The topological polar surface area (TPSA) is 171 Å². The van der Waals surface area contributed by atoms with Crippen molar-refractivity contribution in [1.82, 2.24) is 24.9 Å². The number of carbonyl (C=O) groups is 2. The summed E-state index contributed by atoms with van der Waals surface area (Å²) in [6, 6.07) is 10.5. The zero-order valence-corrected chi connectivity index (χ0v) is 20.9. The van der Waals surface area contributed by atoms with E-state index in [-0.39, 0.29) is 11.1 Å². The number of nitrogens with zero attached hydrogens (tertiary/aromatic N) is 5. The summed E-state index contributed by atoms with van der Waals surface area (Å²) in [5.41, 5.74) is 7.10. The van der Waals surface area contributed by atoms with E-state index in [1.54, 1.807) is 41.8 Å². The van der Waals surface area contributed by atoms with Gasteiger partial charge in [-0.25, -0.2) is 13.9 Å². The van der Waals surface area contributed by atoms with E-state index in [1.807, 2.05) is 6.07 Å². The number of aliphatic hydroxyl groups is 1. The van der Waals surface area contributed by atoms with Crippen LogP contribution in [0.2, 0.25) is 0 Å². The van der Waals surface area contributed by atoms with Crippen molar-refractivity contribution in [3.05, 3.63) is 71.2 Å². The molecule has 2 amide bonds. The number of nitrogens with two attached hydrogens (primary N) is 1. The third-order valence-corrected chi connectivity index (χ3v) is 5.89. The third-order valence-electron chi connectivity index (χ3n) is 5.89. The van der Waals surface area contributed by atoms with E-state index in [1.165, 1.54) is 32.4 Å². The Kier molecular flexibility index (Phi) is 7.05. The number of alkyl halides is 1. The zero-order chi connectivity index (χ0) is 27.6. The molecule has 0 saturated carbocycles. The van der Waals surface area contributed by atoms with Crippen LogP contribution in [-0.2, 0) is 0 Å². The second kappa shape index (κ2) is 10.2. The number of anilines is 2. The molecular weight excluding hydrogens is 491 g/mol. The first kappa shape index (κ1) is 26.2. The number of rotatable bonds is 8. The average Bonchev–Trinajstić information content (AvgIpc) is 3.29. The molecule has 12 heteroatoms. The van der Waals surface area contributed by atoms with Crippen LogP contribution in [0.3, 0.4) is 0 Å². The molecule has 0 aliphatic rings. The molecule has 0 aromatic carbocycles. The highest BCUT2D eigenvalue weighted by molar-refractivity contribution is 6.00. The van der Waals surface area contributed by atoms with Crippen molar-refractivity contribution in [2.75, 3.05) is 11.9 Å². The summed E-state index contributed by atoms with van der Waals surface area (Å²) < 4.78 is 15.9. The molecular formula is C26H25FN8O3. The number of carbonyl (C=O) groups excluding carboxylic acids is 2. The number of aryl methyl sites for hydroxylation is 1. The minimum Gasteiger partial charge on any atom is -0.387 e. The molecule has 0 fully saturated rings. The molecule has 194 valence electrons. The van der Waals surface area contributed by atoms with Gasteiger partial charge in [0, 0.05) is 12.4 Å². The molecule has 4 rings (SSSR count). The fourth-order valence-electron chi connectivity index (χ4n) is 3.68. The Bertz CT molecular complexity index is 1590. The maximum atomic E-state index is 14.3. The van der Waals surface area contributed by atoms with Gasteiger partial charge < -0.3 is 21.5 Å². The number of nitrogens with one attached hydrogen (secondary N) is 2. The summed E-state index contributed by atoms with van der Waals surface area (Å²) in [6.07, 6.45) is 2.39. The van der Waals surface area contributed by atoms with Crippen molar-refractivity contribution < 1.29 is 19.1 Å². The van der Waals surface area contributed by atoms with Gasteiger partial charge in [0.1, 0.15) is 18.1 Å². The first-order valence-corrected chi connectivity index (χ1v) is 11.5. The molecule has 1 unspecified atom stereocenters. The fraction of sp³-hybridized carbons (Fsp3) is 0.231. The molecule has 0 spiro atoms. The standard InChI is InChI=1S/C26H25FN8O3/c1-14-6-23(31-11-17(14)24(29)36)34-19-8-20(21-5-4-16-7-15(9-28)10-33-35(16)21)30-12-18(19)25(37)32-13-22(27)26(2,3)38/h4-8,10-12,22,38H,13H2,1-3H3,(H2,29,36)(H,32,37)(H,30,31,34). The SMILES string of the molecule is Cc1cc(Nc2cc(-c3ccc4cc(C#N)cnn34)ncc2C(=O)NCC(F)C(C)(C)O)ncc1C(N)=O. The van der Waals surface area contributed by atoms with Crippen LogP contribution in [0.15, 0.2) is 48.9 Å². The second-order valence-electron chi connectivity index (χ2n) is 9.23. The van der Waals surface area contributed by atoms with Gasteiger partial charge in [-0.2, -0.15) is 10.4 Å². The number of hydrogen-bond donors (Lipinski definition) is 4. The largest absolute Gasteiger partial charge is 0.387 e. The van der Waals surface area contributed by atoms with E-state index in [9.17, 15) is 19.1 Å². The predicted octanol–water partition coefficient (Wildman–Crippen LogP) is 2.65. The van der Waals surface area contributed by atoms with Crippen molar-refractivity contribution in [3.8, 4) is 17.5 Å². The van der Waals surface area contributed by atoms with Crippen LogP contribution in [0.25, 0.3) is 16.9 Å². The second-order valence-corrected chi connectivity index (χ2v) is 9.23. The number of nitriles is 1. The summed E-state index contributed by atoms with van der Waals surface area (Å²) in [5, 5.41) is 28.8. The minimum atomic E-state index is -1.70. The van der Waals surface area contributed by atoms with Gasteiger partial charge in [0.05, 0.1) is 57.6 Å². The summed E-state index contributed by atoms with van der Waals surface area (Å²) in [7, 11) is 0. The van der Waals surface area contributed by atoms with Gasteiger partial charge in [0.25, 0.3) is 11.8 Å². The van der Waals surface area contributed by atoms with Crippen LogP contribution >= 0.6 is 0 Å². The highest BCUT2D eigenvalue weighted by Crippen LogP contribution is 2.28. The van der Waals surface area contributed by atoms with E-state index in [0.717, 1.165) is 0 Å². The Morgan fingerprint density at radius 2 is 1.92 bits per heavy atom. The fourth-order valence-corrected chi connectivity index (χ4v) is 3.68. The van der Waals surface area contributed by atoms with E-state index in [2.05, 4.69) is 25.7 Å². The molecule has 0 aliphatic carbocycles. The maximum absolute atomic E-state index is 14.3. The normalized spacial score (nSPS) is 12.1. The Labute approximate surface area is 217 Å². The number of aromatic nitrogens is 4. The Hall–Kier alpha value is -4.89. The molecule has 11 nitrogen and oxygen atoms in total. The molecule has 1 atom stereocenters. The van der Waals surface area contributed by atoms with Gasteiger partial charge in [0.15, 0.2) is 0 Å². The van der Waals surface area contributed by atoms with Crippen LogP contribution in [0.5, 0.6) is 0 Å². The van der Waals surface area contributed by atoms with Crippen LogP contribution in [0.1, 0.15) is 45.7 Å². The van der Waals surface area contributed by atoms with Gasteiger partial charge in [-0.1, -0.05) is 0 Å². The number of primary amides is 1. The average molecular weight is 517 g/mol. The van der Waals surface area contributed by atoms with Crippen LogP contribution in [0.4, 0.5) is 15.9 Å². The molecule has 0 bridgehead atoms. The zero-order valence-electron chi connectivity index (χ0n) is 20.9. The summed E-state index contributed by atoms with van der Waals surface area (Å²) in [6.45, 7) is 3.91. The summed E-state index contributed by atoms with van der Waals surface area (Å²) in [4.78, 5) is 33.2. The number of halogens is 1. The first-order valence-electron chi connectivity index (χ1n) is 11.5. The highest BCUT2D eigenvalue weighted by Gasteiger charge is 2.27. The highest BCUT2D eigenvalue weighted by atomic mass is 19.1. The van der Waals surface area contributed by atoms with Gasteiger partial charge in [-0.3, -0.25) is 14.6 Å². The van der Waals surface area contributed by atoms with Gasteiger partial charge in [0.2, 0.25) is 0 Å². The third kappa shape index (κ3) is 5.42. The summed E-state index contributed by atoms with van der Waals surface area (Å²) >= 11 is 0. The van der Waals surface area contributed by atoms with Gasteiger partial charge >= 0.3 is 0 Å². The van der Waals surface area contributed by atoms with Crippen LogP contribution in [0, 0.1) is 18.3 Å². The Morgan fingerprint density at radius 1 is 1.18 bits per heavy atom. The van der Waals surface area contributed by atoms with Crippen molar-refractivity contribution in [2.45, 2.75) is 32.5 Å². The van der Waals surface area contributed by atoms with E-state index < -0.39 is 30.1 Å². The predicted molar refractivity (Wildman–Crippen MR) is 137 cm³/mol. The molecule has 0 saturated heterocycles. The molecule has 0 radical (unpaired) electrons. The smallest absolute Gasteiger partial charge is 0.255 e. The van der Waals surface area contributed by atoms with E-state index in [4.69, 9.17) is 11.0 Å². The number of fused-ring (bicyclic) bond motifs is 1. The molecule has 4 heterocycles. The molecule has 4 aromatic heterocycles. The van der Waals surface area contributed by atoms with E-state index >= 15 is 0 Å². The van der Waals surface area contributed by atoms with Gasteiger partial charge in [-0.15, -0.1) is 0 Å². The number of amides is 2. The first-order chi connectivity index (χ1) is 18.0. The van der Waals surface area contributed by atoms with Crippen molar-refractivity contribution in [3.63, 3.8) is 0 Å². The molecule has 5 N–H and O–H groups in total. The lowest BCUT2D eigenvalue weighted by atomic mass is 10.0. The lowest BCUT2D eigenvalue weighted by molar-refractivity contribution is -0.00177. The van der Waals surface area contributed by atoms with Crippen molar-refractivity contribution in [1.29, 1.82) is 5.26 Å². The minimum absolute atomic E-state index is 0.0933. The van der Waals surface area contributed by atoms with Crippen molar-refractivity contribution in [2.24, 2.45) is 5.73 Å². The monoisotopic (exact) mass is 516 g/mol. The van der Waals surface area contributed by atoms with Crippen molar-refractivity contribution >= 4 is 28.8 Å². The lowest BCUT2D eigenvalue weighted by Gasteiger charge is -2.22. The molecule has 4 aromatic rings. The lowest BCUT2D eigenvalue weighted by Crippen LogP contribution is -2.42. The maximum Gasteiger partial charge on any atom is 0.255 e. The quantitative estimate of drug-likeness (QED) is 0.277. The molecule has 0 aliphatic heterocycles. The Morgan fingerprint density at radius 3 is 2.58 bits per heavy atom. The Balaban J connectivity index is 1.73. The van der Waals surface area contributed by atoms with E-state index in [0.29, 0.717) is 39.5 Å².